The van der Waals surface area contributed by atoms with Gasteiger partial charge in [-0.15, -0.1) is 10.2 Å². The number of aromatic nitrogens is 4. The van der Waals surface area contributed by atoms with Crippen LogP contribution in [0.15, 0.2) is 42.7 Å². The fourth-order valence-electron chi connectivity index (χ4n) is 8.99. The monoisotopic (exact) mass is 669 g/mol. The molecule has 0 radical (unpaired) electrons. The van der Waals surface area contributed by atoms with Crippen LogP contribution in [0, 0.1) is 11.3 Å². The number of aromatic hydroxyl groups is 1. The molecule has 8 rings (SSSR count). The van der Waals surface area contributed by atoms with Crippen molar-refractivity contribution in [3.8, 4) is 17.0 Å². The molecular formula is C36H47N9O4. The molecule has 2 saturated heterocycles. The quantitative estimate of drug-likeness (QED) is 0.317. The van der Waals surface area contributed by atoms with Gasteiger partial charge in [0.05, 0.1) is 60.7 Å². The number of carbonyl (C=O) groups excluding carboxylic acids is 1. The normalized spacial score (nSPS) is 28.3. The number of hydrogen-bond acceptors (Lipinski definition) is 13. The predicted octanol–water partition coefficient (Wildman–Crippen LogP) is 3.14. The number of para-hydroxylation sites is 1. The summed E-state index contributed by atoms with van der Waals surface area (Å²) in [6, 6.07) is 10.0. The average molecular weight is 670 g/mol. The second kappa shape index (κ2) is 13.2. The summed E-state index contributed by atoms with van der Waals surface area (Å²) < 4.78 is 5.27. The summed E-state index contributed by atoms with van der Waals surface area (Å²) >= 11 is 0. The van der Waals surface area contributed by atoms with Gasteiger partial charge in [0.25, 0.3) is 0 Å². The van der Waals surface area contributed by atoms with Crippen molar-refractivity contribution in [2.24, 2.45) is 11.3 Å². The van der Waals surface area contributed by atoms with Crippen molar-refractivity contribution in [2.45, 2.75) is 63.6 Å². The predicted molar refractivity (Wildman–Crippen MR) is 187 cm³/mol. The van der Waals surface area contributed by atoms with Crippen LogP contribution in [0.25, 0.3) is 11.3 Å². The number of aliphatic hydroxyl groups is 1. The summed E-state index contributed by atoms with van der Waals surface area (Å²) in [4.78, 5) is 31.3. The number of benzene rings is 1. The van der Waals surface area contributed by atoms with E-state index in [9.17, 15) is 15.0 Å². The Morgan fingerprint density at radius 1 is 1.00 bits per heavy atom. The minimum atomic E-state index is -0.0198. The third kappa shape index (κ3) is 6.11. The van der Waals surface area contributed by atoms with Crippen LogP contribution in [0.3, 0.4) is 0 Å². The van der Waals surface area contributed by atoms with E-state index in [2.05, 4.69) is 35.1 Å². The molecule has 2 aromatic heterocycles. The number of phenols is 1. The van der Waals surface area contributed by atoms with Crippen LogP contribution in [-0.4, -0.2) is 118 Å². The SMILES string of the molecule is CCOC(=O)C1CCC2(CC1)CC(N1CCN(c3cnc(N4CCN5c6cc(-c7ccccc7O)nnc6NC[C@H]5C4)nc3)C[C@@H]1CO)C2. The second-order valence-electron chi connectivity index (χ2n) is 14.5. The maximum Gasteiger partial charge on any atom is 0.308 e. The lowest BCUT2D eigenvalue weighted by Crippen LogP contribution is -2.63. The molecule has 49 heavy (non-hydrogen) atoms. The van der Waals surface area contributed by atoms with Crippen LogP contribution < -0.4 is 20.0 Å². The summed E-state index contributed by atoms with van der Waals surface area (Å²) in [6.07, 6.45) is 10.3. The number of fused-ring (bicyclic) bond motifs is 3. The maximum atomic E-state index is 12.2. The van der Waals surface area contributed by atoms with Gasteiger partial charge in [-0.25, -0.2) is 9.97 Å². The van der Waals surface area contributed by atoms with Crippen molar-refractivity contribution in [3.63, 3.8) is 0 Å². The number of esters is 1. The molecule has 5 heterocycles. The first kappa shape index (κ1) is 32.0. The Balaban J connectivity index is 0.859. The first-order valence-electron chi connectivity index (χ1n) is 18.0. The van der Waals surface area contributed by atoms with Gasteiger partial charge in [0.1, 0.15) is 5.75 Å². The van der Waals surface area contributed by atoms with Crippen molar-refractivity contribution in [3.05, 3.63) is 42.7 Å². The number of nitrogens with zero attached hydrogens (tertiary/aromatic N) is 8. The van der Waals surface area contributed by atoms with E-state index in [4.69, 9.17) is 14.7 Å². The van der Waals surface area contributed by atoms with E-state index in [0.717, 1.165) is 107 Å². The lowest BCUT2D eigenvalue weighted by molar-refractivity contribution is -0.151. The Morgan fingerprint density at radius 3 is 2.53 bits per heavy atom. The highest BCUT2D eigenvalue weighted by molar-refractivity contribution is 5.77. The van der Waals surface area contributed by atoms with E-state index in [1.807, 2.05) is 37.5 Å². The molecule has 2 aliphatic carbocycles. The lowest BCUT2D eigenvalue weighted by atomic mass is 9.56. The second-order valence-corrected chi connectivity index (χ2v) is 14.5. The fourth-order valence-corrected chi connectivity index (χ4v) is 8.99. The van der Waals surface area contributed by atoms with Gasteiger partial charge in [-0.05, 0) is 69.1 Å². The van der Waals surface area contributed by atoms with Crippen molar-refractivity contribution in [1.29, 1.82) is 0 Å². The third-order valence-electron chi connectivity index (χ3n) is 11.7. The molecule has 13 heteroatoms. The highest BCUT2D eigenvalue weighted by atomic mass is 16.5. The number of hydrogen-bond donors (Lipinski definition) is 3. The minimum Gasteiger partial charge on any atom is -0.507 e. The number of piperazine rings is 2. The van der Waals surface area contributed by atoms with Crippen LogP contribution in [-0.2, 0) is 9.53 Å². The van der Waals surface area contributed by atoms with E-state index in [1.165, 1.54) is 0 Å². The Kier molecular flexibility index (Phi) is 8.65. The van der Waals surface area contributed by atoms with Crippen molar-refractivity contribution in [2.75, 3.05) is 79.0 Å². The molecule has 5 aliphatic rings. The molecule has 2 saturated carbocycles. The van der Waals surface area contributed by atoms with Gasteiger partial charge < -0.3 is 35.0 Å². The Labute approximate surface area is 287 Å². The first-order chi connectivity index (χ1) is 23.9. The van der Waals surface area contributed by atoms with E-state index >= 15 is 0 Å². The molecule has 2 atom stereocenters. The Hall–Kier alpha value is -4.23. The summed E-state index contributed by atoms with van der Waals surface area (Å²) in [7, 11) is 0. The molecule has 0 unspecified atom stereocenters. The van der Waals surface area contributed by atoms with Crippen LogP contribution in [0.1, 0.15) is 45.4 Å². The van der Waals surface area contributed by atoms with E-state index in [0.29, 0.717) is 29.3 Å². The number of phenolic OH excluding ortho intramolecular Hbond substituents is 1. The largest absolute Gasteiger partial charge is 0.507 e. The highest BCUT2D eigenvalue weighted by Gasteiger charge is 2.50. The number of ether oxygens (including phenoxy) is 1. The molecule has 4 fully saturated rings. The third-order valence-corrected chi connectivity index (χ3v) is 11.7. The standard InChI is InChI=1S/C36H47N9O4/c1-2-49-34(48)24-7-9-36(10-8-24)16-25(17-36)44-13-11-42(22-28(44)23-46)26-18-38-35(39-19-26)43-12-14-45-27(21-43)20-37-33-31(45)15-30(40-41-33)29-5-3-4-6-32(29)47/h3-6,15,18-19,24-25,27-28,46-47H,2,7-14,16-17,20-23H2,1H3,(H,37,41)/t24?,25?,27-,28+,36?/m0/s1. The zero-order valence-corrected chi connectivity index (χ0v) is 28.2. The fraction of sp³-hybridized carbons (Fsp3) is 0.583. The molecule has 3 aromatic rings. The van der Waals surface area contributed by atoms with Gasteiger partial charge in [0.2, 0.25) is 5.95 Å². The zero-order valence-electron chi connectivity index (χ0n) is 28.2. The molecule has 260 valence electrons. The molecule has 3 N–H and O–H groups in total. The Bertz CT molecular complexity index is 1640. The van der Waals surface area contributed by atoms with Crippen LogP contribution in [0.4, 0.5) is 23.1 Å². The smallest absolute Gasteiger partial charge is 0.308 e. The molecule has 13 nitrogen and oxygen atoms in total. The Morgan fingerprint density at radius 2 is 1.78 bits per heavy atom. The number of anilines is 4. The number of aliphatic hydroxyl groups excluding tert-OH is 1. The number of nitrogens with one attached hydrogen (secondary N) is 1. The summed E-state index contributed by atoms with van der Waals surface area (Å²) in [5.74, 6) is 1.73. The topological polar surface area (TPSA) is 143 Å². The van der Waals surface area contributed by atoms with Crippen molar-refractivity contribution in [1.82, 2.24) is 25.1 Å². The van der Waals surface area contributed by atoms with Gasteiger partial charge >= 0.3 is 5.97 Å². The van der Waals surface area contributed by atoms with Gasteiger partial charge in [0, 0.05) is 57.4 Å². The number of rotatable bonds is 7. The molecule has 1 spiro atoms. The average Bonchev–Trinajstić information content (AvgIpc) is 3.13. The summed E-state index contributed by atoms with van der Waals surface area (Å²) in [5.41, 5.74) is 3.67. The minimum absolute atomic E-state index is 0.0198. The molecule has 0 amide bonds. The molecule has 0 bridgehead atoms. The van der Waals surface area contributed by atoms with Crippen LogP contribution >= 0.6 is 0 Å². The van der Waals surface area contributed by atoms with Gasteiger partial charge in [-0.2, -0.15) is 0 Å². The molecule has 1 aromatic carbocycles. The summed E-state index contributed by atoms with van der Waals surface area (Å²) in [5, 5.41) is 33.0. The van der Waals surface area contributed by atoms with Gasteiger partial charge in [0.15, 0.2) is 5.82 Å². The van der Waals surface area contributed by atoms with Crippen LogP contribution in [0.2, 0.25) is 0 Å². The molecular weight excluding hydrogens is 622 g/mol. The number of carbonyl (C=O) groups is 1. The van der Waals surface area contributed by atoms with Crippen LogP contribution in [0.5, 0.6) is 5.75 Å². The molecule has 3 aliphatic heterocycles. The van der Waals surface area contributed by atoms with Gasteiger partial charge in [-0.1, -0.05) is 12.1 Å². The first-order valence-corrected chi connectivity index (χ1v) is 18.0. The van der Waals surface area contributed by atoms with Crippen molar-refractivity contribution >= 4 is 29.1 Å². The van der Waals surface area contributed by atoms with Gasteiger partial charge in [-0.3, -0.25) is 9.69 Å². The summed E-state index contributed by atoms with van der Waals surface area (Å²) in [6.45, 7) is 8.11. The van der Waals surface area contributed by atoms with E-state index in [-0.39, 0.29) is 36.3 Å². The van der Waals surface area contributed by atoms with E-state index in [1.54, 1.807) is 12.1 Å². The maximum absolute atomic E-state index is 12.2. The highest BCUT2D eigenvalue weighted by Crippen LogP contribution is 2.55. The zero-order chi connectivity index (χ0) is 33.5. The van der Waals surface area contributed by atoms with Crippen molar-refractivity contribution < 1.29 is 19.7 Å². The van der Waals surface area contributed by atoms with E-state index < -0.39 is 0 Å². The lowest BCUT2D eigenvalue weighted by Gasteiger charge is -2.57.